The number of alkyl halides is 3. The van der Waals surface area contributed by atoms with Gasteiger partial charge >= 0.3 is 0 Å². The Morgan fingerprint density at radius 2 is 2.11 bits per heavy atom. The number of fused-ring (bicyclic) bond motifs is 1. The summed E-state index contributed by atoms with van der Waals surface area (Å²) in [6.45, 7) is 2.21. The second-order valence-electron chi connectivity index (χ2n) is 6.73. The second kappa shape index (κ2) is 7.26. The van der Waals surface area contributed by atoms with Gasteiger partial charge < -0.3 is 9.14 Å². The van der Waals surface area contributed by atoms with Gasteiger partial charge in [0.05, 0.1) is 12.3 Å². The lowest BCUT2D eigenvalue weighted by Gasteiger charge is -2.11. The van der Waals surface area contributed by atoms with Crippen LogP contribution in [0.25, 0.3) is 5.65 Å². The third-order valence-electron chi connectivity index (χ3n) is 4.67. The first-order chi connectivity index (χ1) is 13.5. The molecule has 1 aliphatic rings. The summed E-state index contributed by atoms with van der Waals surface area (Å²) in [5.41, 5.74) is 1.40. The predicted octanol–water partition coefficient (Wildman–Crippen LogP) is 4.32. The number of pyridine rings is 2. The van der Waals surface area contributed by atoms with Crippen LogP contribution in [0.2, 0.25) is 0 Å². The van der Waals surface area contributed by atoms with Gasteiger partial charge in [-0.2, -0.15) is 0 Å². The molecule has 0 amide bonds. The highest BCUT2D eigenvalue weighted by atomic mass is 19.3. The summed E-state index contributed by atoms with van der Waals surface area (Å²) in [5.74, 6) is -0.0888. The first kappa shape index (κ1) is 18.5. The van der Waals surface area contributed by atoms with Crippen molar-refractivity contribution in [1.82, 2.24) is 14.4 Å². The Labute approximate surface area is 159 Å². The SMILES string of the molecule is CCOc1cc2nc([C@@H]3C[C@@H]3F)cn2cc1CC(=O)c1cccc(C(F)F)n1. The molecule has 0 saturated heterocycles. The Kier molecular flexibility index (Phi) is 4.78. The van der Waals surface area contributed by atoms with Crippen molar-refractivity contribution in [1.29, 1.82) is 0 Å². The molecule has 3 aromatic rings. The lowest BCUT2D eigenvalue weighted by molar-refractivity contribution is 0.0984. The van der Waals surface area contributed by atoms with Crippen molar-refractivity contribution in [2.24, 2.45) is 0 Å². The number of imidazole rings is 1. The Balaban J connectivity index is 1.65. The van der Waals surface area contributed by atoms with E-state index in [0.717, 1.165) is 0 Å². The lowest BCUT2D eigenvalue weighted by atomic mass is 10.1. The van der Waals surface area contributed by atoms with Gasteiger partial charge in [0.15, 0.2) is 5.78 Å². The Bertz CT molecular complexity index is 1030. The molecule has 1 aliphatic carbocycles. The van der Waals surface area contributed by atoms with Crippen molar-refractivity contribution < 1.29 is 22.7 Å². The first-order valence-electron chi connectivity index (χ1n) is 9.03. The van der Waals surface area contributed by atoms with Crippen molar-refractivity contribution in [3.8, 4) is 5.75 Å². The number of ketones is 1. The van der Waals surface area contributed by atoms with E-state index < -0.39 is 24.1 Å². The van der Waals surface area contributed by atoms with Crippen LogP contribution in [0.3, 0.4) is 0 Å². The zero-order valence-corrected chi connectivity index (χ0v) is 15.1. The number of nitrogens with zero attached hydrogens (tertiary/aromatic N) is 3. The fourth-order valence-electron chi connectivity index (χ4n) is 3.14. The van der Waals surface area contributed by atoms with E-state index in [1.807, 2.05) is 6.92 Å². The van der Waals surface area contributed by atoms with Crippen LogP contribution in [-0.4, -0.2) is 32.9 Å². The Morgan fingerprint density at radius 3 is 2.79 bits per heavy atom. The van der Waals surface area contributed by atoms with E-state index in [1.54, 1.807) is 22.9 Å². The maximum atomic E-state index is 13.3. The number of carbonyl (C=O) groups excluding carboxylic acids is 1. The van der Waals surface area contributed by atoms with Crippen molar-refractivity contribution in [3.05, 3.63) is 59.3 Å². The van der Waals surface area contributed by atoms with Crippen molar-refractivity contribution in [2.75, 3.05) is 6.61 Å². The van der Waals surface area contributed by atoms with E-state index in [1.165, 1.54) is 18.2 Å². The molecule has 0 spiro atoms. The highest BCUT2D eigenvalue weighted by Crippen LogP contribution is 2.43. The van der Waals surface area contributed by atoms with Gasteiger partial charge in [0.1, 0.15) is 29.0 Å². The molecule has 0 bridgehead atoms. The molecule has 1 fully saturated rings. The number of ether oxygens (including phenoxy) is 1. The fourth-order valence-corrected chi connectivity index (χ4v) is 3.14. The standard InChI is InChI=1S/C20H18F3N3O2/c1-2-28-18-8-19-25-16(12-7-13(12)21)10-26(19)9-11(18)6-17(27)14-4-3-5-15(24-14)20(22)23/h3-5,8-10,12-13,20H,2,6-7H2,1H3/t12-,13+/m1/s1. The van der Waals surface area contributed by atoms with Crippen molar-refractivity contribution >= 4 is 11.4 Å². The maximum Gasteiger partial charge on any atom is 0.280 e. The van der Waals surface area contributed by atoms with Crippen LogP contribution in [0.4, 0.5) is 13.2 Å². The zero-order valence-electron chi connectivity index (χ0n) is 15.1. The van der Waals surface area contributed by atoms with E-state index in [0.29, 0.717) is 35.7 Å². The van der Waals surface area contributed by atoms with Gasteiger partial charge in [-0.3, -0.25) is 4.79 Å². The van der Waals surface area contributed by atoms with Gasteiger partial charge in [-0.25, -0.2) is 23.1 Å². The van der Waals surface area contributed by atoms with Gasteiger partial charge in [-0.15, -0.1) is 0 Å². The van der Waals surface area contributed by atoms with Crippen LogP contribution in [0.5, 0.6) is 5.75 Å². The highest BCUT2D eigenvalue weighted by Gasteiger charge is 2.40. The van der Waals surface area contributed by atoms with E-state index >= 15 is 0 Å². The van der Waals surface area contributed by atoms with Gasteiger partial charge in [-0.1, -0.05) is 6.07 Å². The average Bonchev–Trinajstić information content (AvgIpc) is 3.26. The minimum Gasteiger partial charge on any atom is -0.493 e. The molecule has 0 aromatic carbocycles. The molecule has 0 N–H and O–H groups in total. The van der Waals surface area contributed by atoms with E-state index in [2.05, 4.69) is 9.97 Å². The number of rotatable bonds is 7. The zero-order chi connectivity index (χ0) is 19.8. The molecule has 1 saturated carbocycles. The van der Waals surface area contributed by atoms with Crippen LogP contribution >= 0.6 is 0 Å². The third kappa shape index (κ3) is 3.58. The van der Waals surface area contributed by atoms with Crippen LogP contribution < -0.4 is 4.74 Å². The molecule has 2 atom stereocenters. The Hall–Kier alpha value is -2.90. The molecule has 146 valence electrons. The van der Waals surface area contributed by atoms with E-state index in [9.17, 15) is 18.0 Å². The number of hydrogen-bond donors (Lipinski definition) is 0. The minimum atomic E-state index is -2.74. The molecule has 0 aliphatic heterocycles. The normalized spacial score (nSPS) is 18.6. The third-order valence-corrected chi connectivity index (χ3v) is 4.67. The van der Waals surface area contributed by atoms with Crippen LogP contribution in [0.1, 0.15) is 53.1 Å². The van der Waals surface area contributed by atoms with Crippen molar-refractivity contribution in [2.45, 2.75) is 38.3 Å². The molecular weight excluding hydrogens is 371 g/mol. The molecular formula is C20H18F3N3O2. The second-order valence-corrected chi connectivity index (χ2v) is 6.73. The van der Waals surface area contributed by atoms with Gasteiger partial charge in [0, 0.05) is 36.4 Å². The summed E-state index contributed by atoms with van der Waals surface area (Å²) in [6.07, 6.45) is 0.271. The number of aromatic nitrogens is 3. The van der Waals surface area contributed by atoms with Crippen LogP contribution in [0, 0.1) is 0 Å². The number of halogens is 3. The molecule has 3 heterocycles. The summed E-state index contributed by atoms with van der Waals surface area (Å²) < 4.78 is 46.4. The predicted molar refractivity (Wildman–Crippen MR) is 95.8 cm³/mol. The average molecular weight is 389 g/mol. The Morgan fingerprint density at radius 1 is 1.32 bits per heavy atom. The monoisotopic (exact) mass is 389 g/mol. The molecule has 4 rings (SSSR count). The molecule has 0 unspecified atom stereocenters. The van der Waals surface area contributed by atoms with E-state index in [-0.39, 0.29) is 18.0 Å². The molecule has 28 heavy (non-hydrogen) atoms. The summed E-state index contributed by atoms with van der Waals surface area (Å²) in [4.78, 5) is 20.8. The summed E-state index contributed by atoms with van der Waals surface area (Å²) in [5, 5.41) is 0. The minimum absolute atomic E-state index is 0.0232. The summed E-state index contributed by atoms with van der Waals surface area (Å²) in [6, 6.07) is 5.69. The lowest BCUT2D eigenvalue weighted by Crippen LogP contribution is -2.10. The smallest absolute Gasteiger partial charge is 0.280 e. The van der Waals surface area contributed by atoms with Crippen LogP contribution in [0.15, 0.2) is 36.7 Å². The number of Topliss-reactive ketones (excluding diaryl/α,β-unsaturated/α-hetero) is 1. The fraction of sp³-hybridized carbons (Fsp3) is 0.350. The summed E-state index contributed by atoms with van der Waals surface area (Å²) >= 11 is 0. The van der Waals surface area contributed by atoms with Gasteiger partial charge in [0.2, 0.25) is 0 Å². The topological polar surface area (TPSA) is 56.5 Å². The molecule has 8 heteroatoms. The number of carbonyl (C=O) groups is 1. The molecule has 0 radical (unpaired) electrons. The molecule has 5 nitrogen and oxygen atoms in total. The number of hydrogen-bond acceptors (Lipinski definition) is 4. The van der Waals surface area contributed by atoms with Gasteiger partial charge in [0.25, 0.3) is 6.43 Å². The van der Waals surface area contributed by atoms with E-state index in [4.69, 9.17) is 4.74 Å². The maximum absolute atomic E-state index is 13.3. The first-order valence-corrected chi connectivity index (χ1v) is 9.03. The van der Waals surface area contributed by atoms with Crippen LogP contribution in [-0.2, 0) is 6.42 Å². The molecule has 3 aromatic heterocycles. The van der Waals surface area contributed by atoms with Gasteiger partial charge in [-0.05, 0) is 25.5 Å². The quantitative estimate of drug-likeness (QED) is 0.565. The van der Waals surface area contributed by atoms with Crippen molar-refractivity contribution in [3.63, 3.8) is 0 Å². The highest BCUT2D eigenvalue weighted by molar-refractivity contribution is 5.96. The summed E-state index contributed by atoms with van der Waals surface area (Å²) in [7, 11) is 0. The largest absolute Gasteiger partial charge is 0.493 e.